The van der Waals surface area contributed by atoms with Gasteiger partial charge in [-0.25, -0.2) is 0 Å². The molecule has 0 spiro atoms. The fraction of sp³-hybridized carbons (Fsp3) is 1.00. The van der Waals surface area contributed by atoms with Gasteiger partial charge in [0.25, 0.3) is 0 Å². The van der Waals surface area contributed by atoms with E-state index in [1.807, 2.05) is 0 Å². The average molecular weight is 255 g/mol. The van der Waals surface area contributed by atoms with Crippen LogP contribution in [0.5, 0.6) is 0 Å². The van der Waals surface area contributed by atoms with Crippen molar-refractivity contribution in [2.75, 3.05) is 0 Å². The summed E-state index contributed by atoms with van der Waals surface area (Å²) in [5, 5.41) is 0. The molecule has 0 aromatic carbocycles. The Morgan fingerprint density at radius 1 is 0.389 bits per heavy atom. The van der Waals surface area contributed by atoms with Crippen LogP contribution in [-0.2, 0) is 0 Å². The zero-order valence-corrected chi connectivity index (χ0v) is 14.2. The van der Waals surface area contributed by atoms with Crippen LogP contribution in [0.25, 0.3) is 0 Å². The van der Waals surface area contributed by atoms with Crippen LogP contribution >= 0.6 is 0 Å². The summed E-state index contributed by atoms with van der Waals surface area (Å²) in [6.07, 6.45) is 17.5. The van der Waals surface area contributed by atoms with E-state index in [-0.39, 0.29) is 29.6 Å². The predicted molar refractivity (Wildman–Crippen MR) is 77.5 cm³/mol. The number of rotatable bonds is 0. The molecule has 1 radical (unpaired) electrons. The maximum atomic E-state index is 1.62. The summed E-state index contributed by atoms with van der Waals surface area (Å²) in [6, 6.07) is 0. The quantitative estimate of drug-likeness (QED) is 0.553. The third-order valence-corrected chi connectivity index (χ3v) is 7.08. The van der Waals surface area contributed by atoms with Gasteiger partial charge >= 0.3 is 0 Å². The number of hydrogen-bond acceptors (Lipinski definition) is 0. The molecule has 0 bridgehead atoms. The van der Waals surface area contributed by atoms with Gasteiger partial charge in [-0.3, -0.25) is 0 Å². The molecule has 0 nitrogen and oxygen atoms in total. The van der Waals surface area contributed by atoms with Gasteiger partial charge in [-0.05, 0) is 74.0 Å². The van der Waals surface area contributed by atoms with E-state index in [1.165, 1.54) is 23.7 Å². The van der Waals surface area contributed by atoms with Crippen LogP contribution in [0.15, 0.2) is 0 Å². The zero-order valence-electron chi connectivity index (χ0n) is 12.2. The molecule has 0 saturated heterocycles. The average Bonchev–Trinajstić information content (AvgIpc) is 2.86. The van der Waals surface area contributed by atoms with Gasteiger partial charge in [0.2, 0.25) is 0 Å². The van der Waals surface area contributed by atoms with Crippen molar-refractivity contribution in [1.82, 2.24) is 0 Å². The fourth-order valence-electron chi connectivity index (χ4n) is 6.45. The van der Waals surface area contributed by atoms with E-state index in [2.05, 4.69) is 0 Å². The number of fused-ring (bicyclic) bond motifs is 5. The minimum absolute atomic E-state index is 0. The summed E-state index contributed by atoms with van der Waals surface area (Å²) < 4.78 is 0. The first-order valence-electron chi connectivity index (χ1n) is 8.43. The van der Waals surface area contributed by atoms with Crippen molar-refractivity contribution < 1.29 is 0 Å². The Morgan fingerprint density at radius 3 is 1.56 bits per heavy atom. The molecule has 0 aromatic heterocycles. The van der Waals surface area contributed by atoms with Gasteiger partial charge in [0, 0.05) is 29.6 Å². The van der Waals surface area contributed by atoms with E-state index in [0.717, 1.165) is 11.8 Å². The molecule has 0 N–H and O–H groups in total. The third-order valence-electron chi connectivity index (χ3n) is 7.08. The monoisotopic (exact) mass is 255 g/mol. The van der Waals surface area contributed by atoms with E-state index in [1.54, 1.807) is 70.6 Å². The Bertz CT molecular complexity index is 287. The molecule has 1 unspecified atom stereocenters. The molecular weight excluding hydrogens is 227 g/mol. The molecular formula is C17H28Na. The van der Waals surface area contributed by atoms with Gasteiger partial charge < -0.3 is 0 Å². The summed E-state index contributed by atoms with van der Waals surface area (Å²) >= 11 is 0. The van der Waals surface area contributed by atoms with Crippen molar-refractivity contribution in [3.63, 3.8) is 0 Å². The number of hydrogen-bond donors (Lipinski definition) is 0. The van der Waals surface area contributed by atoms with Crippen molar-refractivity contribution in [3.8, 4) is 0 Å². The maximum Gasteiger partial charge on any atom is 0 e. The summed E-state index contributed by atoms with van der Waals surface area (Å²) in [5.74, 6) is 7.02. The minimum Gasteiger partial charge on any atom is -0.0530 e. The van der Waals surface area contributed by atoms with Gasteiger partial charge in [0.05, 0.1) is 0 Å². The molecule has 0 aromatic rings. The zero-order chi connectivity index (χ0) is 11.2. The Morgan fingerprint density at radius 2 is 0.889 bits per heavy atom. The second kappa shape index (κ2) is 5.78. The van der Waals surface area contributed by atoms with Crippen molar-refractivity contribution in [1.29, 1.82) is 0 Å². The smallest absolute Gasteiger partial charge is 0 e. The Labute approximate surface area is 135 Å². The summed E-state index contributed by atoms with van der Waals surface area (Å²) in [5.41, 5.74) is 0. The molecule has 97 valence electrons. The second-order valence-electron chi connectivity index (χ2n) is 7.55. The predicted octanol–water partition coefficient (Wildman–Crippen LogP) is 4.65. The summed E-state index contributed by atoms with van der Waals surface area (Å²) in [6.45, 7) is 0. The topological polar surface area (TPSA) is 0 Å². The van der Waals surface area contributed by atoms with Crippen LogP contribution < -0.4 is 0 Å². The van der Waals surface area contributed by atoms with Crippen LogP contribution in [0.4, 0.5) is 0 Å². The van der Waals surface area contributed by atoms with Crippen LogP contribution in [0, 0.1) is 35.5 Å². The maximum absolute atomic E-state index is 1.62. The first kappa shape index (κ1) is 14.0. The Hall–Kier alpha value is 1.00. The van der Waals surface area contributed by atoms with Crippen LogP contribution in [0.3, 0.4) is 0 Å². The van der Waals surface area contributed by atoms with E-state index in [0.29, 0.717) is 0 Å². The van der Waals surface area contributed by atoms with Crippen LogP contribution in [0.1, 0.15) is 70.6 Å². The van der Waals surface area contributed by atoms with Crippen molar-refractivity contribution in [2.24, 2.45) is 35.5 Å². The molecule has 6 atom stereocenters. The van der Waals surface area contributed by atoms with Gasteiger partial charge in [0.15, 0.2) is 0 Å². The molecule has 4 aliphatic rings. The van der Waals surface area contributed by atoms with Gasteiger partial charge in [0.1, 0.15) is 0 Å². The first-order valence-corrected chi connectivity index (χ1v) is 8.43. The minimum atomic E-state index is 0. The van der Waals surface area contributed by atoms with Gasteiger partial charge in [-0.1, -0.05) is 32.1 Å². The van der Waals surface area contributed by atoms with E-state index in [4.69, 9.17) is 0 Å². The van der Waals surface area contributed by atoms with Gasteiger partial charge in [-0.2, -0.15) is 0 Å². The van der Waals surface area contributed by atoms with Crippen LogP contribution in [-0.4, -0.2) is 29.6 Å². The summed E-state index contributed by atoms with van der Waals surface area (Å²) in [4.78, 5) is 0. The molecule has 0 heterocycles. The van der Waals surface area contributed by atoms with Gasteiger partial charge in [-0.15, -0.1) is 0 Å². The summed E-state index contributed by atoms with van der Waals surface area (Å²) in [7, 11) is 0. The fourth-order valence-corrected chi connectivity index (χ4v) is 6.45. The standard InChI is InChI=1S/C17H28.Na/c1-2-6-14-12(4-1)8-10-17-15-7-3-5-13(15)9-11-16(14)17;/h12-17H,1-11H2;/t12?,13-,14-,15+,16+,17-;/m0./s1. The normalized spacial score (nSPS) is 50.7. The molecule has 4 rings (SSSR count). The largest absolute Gasteiger partial charge is 0.0530 e. The first-order chi connectivity index (χ1) is 8.43. The SMILES string of the molecule is C1CC[C@H]2C(C1)CC[C@H]1[C@@H]3CCC[C@H]3CC[C@@H]12.[Na]. The molecule has 0 aliphatic heterocycles. The Balaban J connectivity index is 0.000001000. The second-order valence-corrected chi connectivity index (χ2v) is 7.55. The molecule has 18 heavy (non-hydrogen) atoms. The molecule has 1 heteroatoms. The van der Waals surface area contributed by atoms with Crippen molar-refractivity contribution in [2.45, 2.75) is 70.6 Å². The van der Waals surface area contributed by atoms with E-state index < -0.39 is 0 Å². The van der Waals surface area contributed by atoms with Crippen LogP contribution in [0.2, 0.25) is 0 Å². The van der Waals surface area contributed by atoms with E-state index in [9.17, 15) is 0 Å². The van der Waals surface area contributed by atoms with E-state index >= 15 is 0 Å². The molecule has 4 saturated carbocycles. The Kier molecular flexibility index (Phi) is 4.48. The van der Waals surface area contributed by atoms with Crippen molar-refractivity contribution >= 4 is 29.6 Å². The molecule has 0 amide bonds. The molecule has 4 aliphatic carbocycles. The van der Waals surface area contributed by atoms with Crippen molar-refractivity contribution in [3.05, 3.63) is 0 Å². The third kappa shape index (κ3) is 2.25. The molecule has 4 fully saturated rings.